The van der Waals surface area contributed by atoms with Gasteiger partial charge in [0.1, 0.15) is 0 Å². The normalized spacial score (nSPS) is 10.5. The van der Waals surface area contributed by atoms with Crippen LogP contribution in [0.4, 0.5) is 0 Å². The fraction of sp³-hybridized carbons (Fsp3) is 0.333. The summed E-state index contributed by atoms with van der Waals surface area (Å²) in [6.45, 7) is 0. The number of carbonyl (C=O) groups excluding carboxylic acids is 2. The molecule has 5 heteroatoms. The van der Waals surface area contributed by atoms with Gasteiger partial charge in [0.05, 0.1) is 18.8 Å². The van der Waals surface area contributed by atoms with Crippen molar-refractivity contribution in [3.63, 3.8) is 0 Å². The fourth-order valence-corrected chi connectivity index (χ4v) is 0.410. The van der Waals surface area contributed by atoms with Crippen LogP contribution in [-0.2, 0) is 14.3 Å². The average Bonchev–Trinajstić information content (AvgIpc) is 1.99. The van der Waals surface area contributed by atoms with Gasteiger partial charge in [-0.05, 0) is 0 Å². The van der Waals surface area contributed by atoms with E-state index < -0.39 is 11.9 Å². The molecule has 0 aromatic heterocycles. The van der Waals surface area contributed by atoms with Crippen molar-refractivity contribution < 1.29 is 19.4 Å². The van der Waals surface area contributed by atoms with E-state index in [-0.39, 0.29) is 5.70 Å². The van der Waals surface area contributed by atoms with E-state index in [0.29, 0.717) is 0 Å². The Labute approximate surface area is 63.7 Å². The molecule has 0 saturated carbocycles. The van der Waals surface area contributed by atoms with Crippen LogP contribution in [-0.4, -0.2) is 26.1 Å². The van der Waals surface area contributed by atoms with Crippen LogP contribution in [0.1, 0.15) is 0 Å². The molecule has 0 fully saturated rings. The standard InChI is InChI=1S/C6H9NO4/c1-7-4(6(9)10)3-5(8)11-2/h3,7H,1-2H3,(H,9,10)/p-1/b4-3-. The van der Waals surface area contributed by atoms with Gasteiger partial charge in [0.25, 0.3) is 0 Å². The van der Waals surface area contributed by atoms with E-state index in [1.165, 1.54) is 7.05 Å². The maximum absolute atomic E-state index is 10.5. The van der Waals surface area contributed by atoms with Gasteiger partial charge in [-0.15, -0.1) is 0 Å². The van der Waals surface area contributed by atoms with Crippen LogP contribution in [0, 0.1) is 0 Å². The van der Waals surface area contributed by atoms with Gasteiger partial charge in [0.2, 0.25) is 0 Å². The largest absolute Gasteiger partial charge is 0.543 e. The van der Waals surface area contributed by atoms with Crippen molar-refractivity contribution in [2.45, 2.75) is 0 Å². The number of carbonyl (C=O) groups is 2. The van der Waals surface area contributed by atoms with Crippen LogP contribution in [0.5, 0.6) is 0 Å². The van der Waals surface area contributed by atoms with Crippen molar-refractivity contribution in [1.82, 2.24) is 5.32 Å². The highest BCUT2D eigenvalue weighted by Crippen LogP contribution is 1.86. The minimum absolute atomic E-state index is 0.308. The number of rotatable bonds is 3. The third-order valence-electron chi connectivity index (χ3n) is 0.953. The Balaban J connectivity index is 4.35. The number of hydrogen-bond donors (Lipinski definition) is 1. The van der Waals surface area contributed by atoms with Crippen molar-refractivity contribution in [3.8, 4) is 0 Å². The molecule has 0 aliphatic rings. The Morgan fingerprint density at radius 1 is 1.55 bits per heavy atom. The van der Waals surface area contributed by atoms with Gasteiger partial charge in [-0.25, -0.2) is 4.79 Å². The third kappa shape index (κ3) is 3.24. The molecule has 62 valence electrons. The molecule has 0 spiro atoms. The van der Waals surface area contributed by atoms with Crippen LogP contribution < -0.4 is 10.4 Å². The molecule has 11 heavy (non-hydrogen) atoms. The summed E-state index contributed by atoms with van der Waals surface area (Å²) >= 11 is 0. The molecule has 1 N–H and O–H groups in total. The Morgan fingerprint density at radius 3 is 2.36 bits per heavy atom. The topological polar surface area (TPSA) is 78.5 Å². The first-order chi connectivity index (χ1) is 5.11. The molecule has 0 aliphatic heterocycles. The van der Waals surface area contributed by atoms with E-state index in [1.807, 2.05) is 0 Å². The minimum Gasteiger partial charge on any atom is -0.543 e. The zero-order valence-electron chi connectivity index (χ0n) is 6.21. The molecule has 0 heterocycles. The van der Waals surface area contributed by atoms with Gasteiger partial charge in [-0.2, -0.15) is 0 Å². The van der Waals surface area contributed by atoms with Crippen LogP contribution in [0.2, 0.25) is 0 Å². The SMILES string of the molecule is CN/C(=C\C(=O)OC)C(=O)[O-]. The van der Waals surface area contributed by atoms with Gasteiger partial charge in [0.15, 0.2) is 0 Å². The van der Waals surface area contributed by atoms with Crippen LogP contribution in [0.15, 0.2) is 11.8 Å². The second kappa shape index (κ2) is 4.32. The van der Waals surface area contributed by atoms with Crippen molar-refractivity contribution in [2.75, 3.05) is 14.2 Å². The Morgan fingerprint density at radius 2 is 2.09 bits per heavy atom. The molecule has 0 unspecified atom stereocenters. The number of likely N-dealkylation sites (N-methyl/N-ethyl adjacent to an activating group) is 1. The smallest absolute Gasteiger partial charge is 0.332 e. The summed E-state index contributed by atoms with van der Waals surface area (Å²) in [5.74, 6) is -2.18. The second-order valence-corrected chi connectivity index (χ2v) is 1.62. The summed E-state index contributed by atoms with van der Waals surface area (Å²) in [7, 11) is 2.52. The maximum Gasteiger partial charge on any atom is 0.332 e. The predicted octanol–water partition coefficient (Wildman–Crippen LogP) is -1.99. The molecule has 0 aromatic rings. The first-order valence-electron chi connectivity index (χ1n) is 2.80. The van der Waals surface area contributed by atoms with E-state index in [1.54, 1.807) is 0 Å². The number of nitrogens with one attached hydrogen (secondary N) is 1. The Hall–Kier alpha value is -1.52. The number of methoxy groups -OCH3 is 1. The lowest BCUT2D eigenvalue weighted by atomic mass is 10.4. The highest BCUT2D eigenvalue weighted by molar-refractivity contribution is 5.93. The maximum atomic E-state index is 10.5. The summed E-state index contributed by atoms with van der Waals surface area (Å²) in [6, 6.07) is 0. The fourth-order valence-electron chi connectivity index (χ4n) is 0.410. The van der Waals surface area contributed by atoms with Gasteiger partial charge < -0.3 is 20.0 Å². The van der Waals surface area contributed by atoms with Crippen LogP contribution >= 0.6 is 0 Å². The first-order valence-corrected chi connectivity index (χ1v) is 2.80. The van der Waals surface area contributed by atoms with E-state index >= 15 is 0 Å². The van der Waals surface area contributed by atoms with Crippen LogP contribution in [0.3, 0.4) is 0 Å². The molecule has 0 saturated heterocycles. The molecule has 0 amide bonds. The third-order valence-corrected chi connectivity index (χ3v) is 0.953. The molecule has 5 nitrogen and oxygen atoms in total. The van der Waals surface area contributed by atoms with E-state index in [4.69, 9.17) is 0 Å². The zero-order valence-corrected chi connectivity index (χ0v) is 6.21. The molecule has 0 bridgehead atoms. The summed E-state index contributed by atoms with van der Waals surface area (Å²) in [4.78, 5) is 20.6. The van der Waals surface area contributed by atoms with Crippen LogP contribution in [0.25, 0.3) is 0 Å². The molecule has 0 aliphatic carbocycles. The molecule has 0 rings (SSSR count). The Bertz CT molecular complexity index is 197. The lowest BCUT2D eigenvalue weighted by Crippen LogP contribution is -2.31. The Kier molecular flexibility index (Phi) is 3.72. The van der Waals surface area contributed by atoms with Crippen molar-refractivity contribution >= 4 is 11.9 Å². The van der Waals surface area contributed by atoms with Gasteiger partial charge in [0, 0.05) is 13.1 Å². The summed E-state index contributed by atoms with van der Waals surface area (Å²) < 4.78 is 4.19. The quantitative estimate of drug-likeness (QED) is 0.380. The van der Waals surface area contributed by atoms with Crippen molar-refractivity contribution in [1.29, 1.82) is 0 Å². The number of ether oxygens (including phenoxy) is 1. The minimum atomic E-state index is -1.45. The highest BCUT2D eigenvalue weighted by atomic mass is 16.5. The molecular weight excluding hydrogens is 150 g/mol. The van der Waals surface area contributed by atoms with Gasteiger partial charge >= 0.3 is 5.97 Å². The molecule has 0 aromatic carbocycles. The number of esters is 1. The van der Waals surface area contributed by atoms with Gasteiger partial charge in [-0.3, -0.25) is 0 Å². The lowest BCUT2D eigenvalue weighted by Gasteiger charge is -2.05. The lowest BCUT2D eigenvalue weighted by molar-refractivity contribution is -0.299. The highest BCUT2D eigenvalue weighted by Gasteiger charge is 1.99. The number of carboxylic acid groups (broad SMARTS) is 1. The first kappa shape index (κ1) is 9.48. The molecule has 0 atom stereocenters. The van der Waals surface area contributed by atoms with E-state index in [9.17, 15) is 14.7 Å². The predicted molar refractivity (Wildman–Crippen MR) is 34.2 cm³/mol. The van der Waals surface area contributed by atoms with E-state index in [0.717, 1.165) is 13.2 Å². The molecule has 0 radical (unpaired) electrons. The number of carboxylic acids is 1. The summed E-state index contributed by atoms with van der Waals surface area (Å²) in [5, 5.41) is 12.4. The summed E-state index contributed by atoms with van der Waals surface area (Å²) in [6.07, 6.45) is 0.801. The zero-order chi connectivity index (χ0) is 8.85. The monoisotopic (exact) mass is 158 g/mol. The molecular formula is C6H8NO4-. The summed E-state index contributed by atoms with van der Waals surface area (Å²) in [5.41, 5.74) is -0.308. The number of hydrogen-bond acceptors (Lipinski definition) is 5. The van der Waals surface area contributed by atoms with Crippen molar-refractivity contribution in [2.24, 2.45) is 0 Å². The second-order valence-electron chi connectivity index (χ2n) is 1.62. The van der Waals surface area contributed by atoms with E-state index in [2.05, 4.69) is 10.1 Å². The van der Waals surface area contributed by atoms with Crippen molar-refractivity contribution in [3.05, 3.63) is 11.8 Å². The number of aliphatic carboxylic acids is 1. The average molecular weight is 158 g/mol. The van der Waals surface area contributed by atoms with Gasteiger partial charge in [-0.1, -0.05) is 0 Å².